The van der Waals surface area contributed by atoms with E-state index in [4.69, 9.17) is 4.74 Å². The summed E-state index contributed by atoms with van der Waals surface area (Å²) in [4.78, 5) is 26.8. The highest BCUT2D eigenvalue weighted by Gasteiger charge is 2.34. The number of rotatable bonds is 5. The number of aldehydes is 1. The third kappa shape index (κ3) is 4.52. The predicted octanol–water partition coefficient (Wildman–Crippen LogP) is 4.66. The molecule has 0 aliphatic heterocycles. The second-order valence-electron chi connectivity index (χ2n) is 5.79. The third-order valence-electron chi connectivity index (χ3n) is 3.83. The third-order valence-corrected chi connectivity index (χ3v) is 3.83. The Balaban J connectivity index is 1.75. The van der Waals surface area contributed by atoms with Gasteiger partial charge in [-0.25, -0.2) is 4.98 Å². The number of aromatic hydroxyl groups is 1. The van der Waals surface area contributed by atoms with Crippen LogP contribution in [0.2, 0.25) is 0 Å². The van der Waals surface area contributed by atoms with E-state index in [9.17, 15) is 27.9 Å². The van der Waals surface area contributed by atoms with Crippen LogP contribution in [0, 0.1) is 0 Å². The van der Waals surface area contributed by atoms with Crippen LogP contribution >= 0.6 is 0 Å². The van der Waals surface area contributed by atoms with Crippen LogP contribution in [0.3, 0.4) is 0 Å². The molecule has 1 heterocycles. The summed E-state index contributed by atoms with van der Waals surface area (Å²) in [7, 11) is 0. The van der Waals surface area contributed by atoms with Crippen molar-refractivity contribution in [2.75, 3.05) is 5.32 Å². The van der Waals surface area contributed by atoms with Gasteiger partial charge in [0, 0.05) is 11.9 Å². The summed E-state index contributed by atoms with van der Waals surface area (Å²) in [5.74, 6) is -1.54. The molecule has 9 heteroatoms. The number of nitrogens with one attached hydrogen (secondary N) is 1. The van der Waals surface area contributed by atoms with Gasteiger partial charge in [0.15, 0.2) is 17.7 Å². The number of halogens is 3. The lowest BCUT2D eigenvalue weighted by molar-refractivity contribution is -0.138. The molecule has 29 heavy (non-hydrogen) atoms. The van der Waals surface area contributed by atoms with Crippen LogP contribution in [0.15, 0.2) is 60.8 Å². The van der Waals surface area contributed by atoms with E-state index < -0.39 is 23.4 Å². The fourth-order valence-electron chi connectivity index (χ4n) is 2.44. The predicted molar refractivity (Wildman–Crippen MR) is 97.2 cm³/mol. The van der Waals surface area contributed by atoms with Gasteiger partial charge >= 0.3 is 6.18 Å². The van der Waals surface area contributed by atoms with Crippen molar-refractivity contribution in [3.05, 3.63) is 77.6 Å². The zero-order valence-corrected chi connectivity index (χ0v) is 14.6. The molecule has 0 unspecified atom stereocenters. The van der Waals surface area contributed by atoms with Crippen LogP contribution in [0.5, 0.6) is 17.2 Å². The summed E-state index contributed by atoms with van der Waals surface area (Å²) in [6, 6.07) is 11.6. The van der Waals surface area contributed by atoms with Crippen molar-refractivity contribution in [2.24, 2.45) is 0 Å². The first-order chi connectivity index (χ1) is 13.8. The molecule has 1 aromatic heterocycles. The van der Waals surface area contributed by atoms with Crippen molar-refractivity contribution in [1.82, 2.24) is 4.98 Å². The van der Waals surface area contributed by atoms with E-state index in [2.05, 4.69) is 10.3 Å². The van der Waals surface area contributed by atoms with Gasteiger partial charge in [0.05, 0.1) is 11.1 Å². The van der Waals surface area contributed by atoms with E-state index in [1.165, 1.54) is 54.7 Å². The van der Waals surface area contributed by atoms with Crippen LogP contribution < -0.4 is 10.1 Å². The standard InChI is InChI=1S/C20H13F3N2O4/c21-20(22,23)15-3-1-2-4-16(15)29-14-7-5-13(6-8-14)25-19(28)17-18(27)12(11-26)9-10-24-17/h1-11,27H,(H,25,28). The van der Waals surface area contributed by atoms with Crippen molar-refractivity contribution in [2.45, 2.75) is 6.18 Å². The zero-order chi connectivity index (χ0) is 21.0. The minimum atomic E-state index is -4.56. The van der Waals surface area contributed by atoms with Crippen LogP contribution in [-0.4, -0.2) is 22.3 Å². The number of pyridine rings is 1. The molecule has 6 nitrogen and oxygen atoms in total. The van der Waals surface area contributed by atoms with Crippen LogP contribution in [0.1, 0.15) is 26.4 Å². The lowest BCUT2D eigenvalue weighted by Gasteiger charge is -2.13. The Bertz CT molecular complexity index is 1050. The Morgan fingerprint density at radius 3 is 2.41 bits per heavy atom. The summed E-state index contributed by atoms with van der Waals surface area (Å²) < 4.78 is 44.4. The highest BCUT2D eigenvalue weighted by Crippen LogP contribution is 2.38. The number of hydrogen-bond donors (Lipinski definition) is 2. The lowest BCUT2D eigenvalue weighted by atomic mass is 10.2. The van der Waals surface area contributed by atoms with Crippen LogP contribution in [-0.2, 0) is 6.18 Å². The maximum Gasteiger partial charge on any atom is 0.419 e. The minimum absolute atomic E-state index is 0.0859. The molecule has 0 fully saturated rings. The number of anilines is 1. The average Bonchev–Trinajstić information content (AvgIpc) is 2.69. The Kier molecular flexibility index (Phi) is 5.49. The molecule has 3 aromatic rings. The molecule has 0 aliphatic carbocycles. The molecule has 1 amide bonds. The molecule has 0 saturated carbocycles. The molecule has 0 radical (unpaired) electrons. The largest absolute Gasteiger partial charge is 0.505 e. The monoisotopic (exact) mass is 402 g/mol. The molecule has 0 spiro atoms. The highest BCUT2D eigenvalue weighted by molar-refractivity contribution is 6.06. The van der Waals surface area contributed by atoms with E-state index in [-0.39, 0.29) is 28.4 Å². The number of carbonyl (C=O) groups excluding carboxylic acids is 2. The number of alkyl halides is 3. The van der Waals surface area contributed by atoms with Crippen molar-refractivity contribution < 1.29 is 32.6 Å². The molecule has 0 saturated heterocycles. The molecular formula is C20H13F3N2O4. The maximum atomic E-state index is 13.0. The second-order valence-corrected chi connectivity index (χ2v) is 5.79. The van der Waals surface area contributed by atoms with Gasteiger partial charge in [0.1, 0.15) is 11.5 Å². The topological polar surface area (TPSA) is 88.5 Å². The van der Waals surface area contributed by atoms with Crippen molar-refractivity contribution >= 4 is 17.9 Å². The molecule has 2 aromatic carbocycles. The fraction of sp³-hybridized carbons (Fsp3) is 0.0500. The van der Waals surface area contributed by atoms with Gasteiger partial charge in [0.25, 0.3) is 5.91 Å². The fourth-order valence-corrected chi connectivity index (χ4v) is 2.44. The van der Waals surface area contributed by atoms with Crippen LogP contribution in [0.4, 0.5) is 18.9 Å². The Morgan fingerprint density at radius 1 is 1.07 bits per heavy atom. The number of para-hydroxylation sites is 1. The first kappa shape index (κ1) is 19.9. The first-order valence-corrected chi connectivity index (χ1v) is 8.18. The summed E-state index contributed by atoms with van der Waals surface area (Å²) in [5.41, 5.74) is -1.05. The first-order valence-electron chi connectivity index (χ1n) is 8.18. The molecular weight excluding hydrogens is 389 g/mol. The van der Waals surface area contributed by atoms with Gasteiger partial charge < -0.3 is 15.2 Å². The van der Waals surface area contributed by atoms with Gasteiger partial charge in [-0.2, -0.15) is 13.2 Å². The van der Waals surface area contributed by atoms with Gasteiger partial charge in [-0.1, -0.05) is 12.1 Å². The van der Waals surface area contributed by atoms with Crippen molar-refractivity contribution in [3.63, 3.8) is 0 Å². The summed E-state index contributed by atoms with van der Waals surface area (Å²) in [6.07, 6.45) is -2.97. The Morgan fingerprint density at radius 2 is 1.76 bits per heavy atom. The normalized spacial score (nSPS) is 11.0. The number of ether oxygens (including phenoxy) is 1. The minimum Gasteiger partial charge on any atom is -0.505 e. The summed E-state index contributed by atoms with van der Waals surface area (Å²) in [6.45, 7) is 0. The number of aromatic nitrogens is 1. The molecule has 2 N–H and O–H groups in total. The number of amides is 1. The molecule has 148 valence electrons. The second kappa shape index (κ2) is 8.01. The Labute approximate surface area is 162 Å². The number of nitrogens with zero attached hydrogens (tertiary/aromatic N) is 1. The zero-order valence-electron chi connectivity index (χ0n) is 14.6. The SMILES string of the molecule is O=Cc1ccnc(C(=O)Nc2ccc(Oc3ccccc3C(F)(F)F)cc2)c1O. The smallest absolute Gasteiger partial charge is 0.419 e. The average molecular weight is 402 g/mol. The van der Waals surface area contributed by atoms with E-state index in [1.807, 2.05) is 0 Å². The van der Waals surface area contributed by atoms with Gasteiger partial charge in [-0.15, -0.1) is 0 Å². The van der Waals surface area contributed by atoms with E-state index in [0.717, 1.165) is 6.07 Å². The number of hydrogen-bond acceptors (Lipinski definition) is 5. The van der Waals surface area contributed by atoms with E-state index >= 15 is 0 Å². The lowest BCUT2D eigenvalue weighted by Crippen LogP contribution is -2.14. The van der Waals surface area contributed by atoms with Crippen molar-refractivity contribution in [3.8, 4) is 17.2 Å². The van der Waals surface area contributed by atoms with Gasteiger partial charge in [-0.05, 0) is 42.5 Å². The van der Waals surface area contributed by atoms with Crippen LogP contribution in [0.25, 0.3) is 0 Å². The molecule has 0 aliphatic rings. The molecule has 0 atom stereocenters. The van der Waals surface area contributed by atoms with E-state index in [0.29, 0.717) is 6.29 Å². The maximum absolute atomic E-state index is 13.0. The highest BCUT2D eigenvalue weighted by atomic mass is 19.4. The van der Waals surface area contributed by atoms with E-state index in [1.54, 1.807) is 0 Å². The molecule has 3 rings (SSSR count). The van der Waals surface area contributed by atoms with Crippen molar-refractivity contribution in [1.29, 1.82) is 0 Å². The van der Waals surface area contributed by atoms with Gasteiger partial charge in [-0.3, -0.25) is 9.59 Å². The quantitative estimate of drug-likeness (QED) is 0.606. The molecule has 0 bridgehead atoms. The van der Waals surface area contributed by atoms with Gasteiger partial charge in [0.2, 0.25) is 0 Å². The summed E-state index contributed by atoms with van der Waals surface area (Å²) >= 11 is 0. The number of carbonyl (C=O) groups is 2. The Hall–Kier alpha value is -3.88. The summed E-state index contributed by atoms with van der Waals surface area (Å²) in [5, 5.41) is 12.3. The number of benzene rings is 2.